The zero-order valence-corrected chi connectivity index (χ0v) is 7.06. The van der Waals surface area contributed by atoms with Crippen molar-refractivity contribution in [3.63, 3.8) is 0 Å². The van der Waals surface area contributed by atoms with Crippen molar-refractivity contribution in [1.29, 1.82) is 0 Å². The Labute approximate surface area is 74.5 Å². The Morgan fingerprint density at radius 2 is 2.23 bits per heavy atom. The van der Waals surface area contributed by atoms with Gasteiger partial charge in [0.2, 0.25) is 0 Å². The number of nitrogens with zero attached hydrogens (tertiary/aromatic N) is 2. The average Bonchev–Trinajstić information content (AvgIpc) is 2.08. The topological polar surface area (TPSA) is 72.6 Å². The first-order valence-electron chi connectivity index (χ1n) is 3.69. The van der Waals surface area contributed by atoms with Gasteiger partial charge in [0.15, 0.2) is 0 Å². The Morgan fingerprint density at radius 1 is 1.54 bits per heavy atom. The summed E-state index contributed by atoms with van der Waals surface area (Å²) in [5.74, 6) is 0. The van der Waals surface area contributed by atoms with E-state index in [-0.39, 0.29) is 12.2 Å². The molecule has 5 heteroatoms. The van der Waals surface area contributed by atoms with Gasteiger partial charge in [0.1, 0.15) is 6.54 Å². The molecule has 0 amide bonds. The van der Waals surface area contributed by atoms with Crippen molar-refractivity contribution in [2.45, 2.75) is 13.5 Å². The minimum Gasteiger partial charge on any atom is -0.258 e. The molecule has 0 unspecified atom stereocenters. The van der Waals surface area contributed by atoms with Crippen molar-refractivity contribution in [1.82, 2.24) is 0 Å². The van der Waals surface area contributed by atoms with E-state index in [4.69, 9.17) is 0 Å². The van der Waals surface area contributed by atoms with E-state index >= 15 is 0 Å². The smallest absolute Gasteiger partial charge is 0.258 e. The van der Waals surface area contributed by atoms with E-state index in [0.717, 1.165) is 0 Å². The second kappa shape index (κ2) is 3.75. The molecule has 0 aliphatic rings. The minimum absolute atomic E-state index is 0.0420. The predicted octanol–water partition coefficient (Wildman–Crippen LogP) is 2.17. The fraction of sp³-hybridized carbons (Fsp3) is 0.250. The molecule has 1 rings (SSSR count). The van der Waals surface area contributed by atoms with Crippen LogP contribution < -0.4 is 0 Å². The van der Waals surface area contributed by atoms with E-state index in [9.17, 15) is 15.0 Å². The molecule has 13 heavy (non-hydrogen) atoms. The lowest BCUT2D eigenvalue weighted by Crippen LogP contribution is -1.96. The van der Waals surface area contributed by atoms with Gasteiger partial charge in [0.05, 0.1) is 10.5 Å². The van der Waals surface area contributed by atoms with Gasteiger partial charge in [-0.05, 0) is 12.5 Å². The molecule has 0 N–H and O–H groups in total. The normalized spacial score (nSPS) is 9.62. The molecule has 0 aromatic heterocycles. The summed E-state index contributed by atoms with van der Waals surface area (Å²) in [5, 5.41) is 13.2. The lowest BCUT2D eigenvalue weighted by Gasteiger charge is -2.01. The van der Waals surface area contributed by atoms with Gasteiger partial charge in [0.25, 0.3) is 5.69 Å². The number of hydrogen-bond acceptors (Lipinski definition) is 4. The van der Waals surface area contributed by atoms with Crippen LogP contribution in [-0.2, 0) is 6.54 Å². The minimum atomic E-state index is -0.506. The highest BCUT2D eigenvalue weighted by molar-refractivity contribution is 5.44. The molecule has 1 aromatic rings. The molecular formula is C8H8N2O3. The Kier molecular flexibility index (Phi) is 2.69. The SMILES string of the molecule is Cc1cccc([N+](=O)[O-])c1CN=O. The van der Waals surface area contributed by atoms with Crippen molar-refractivity contribution in [3.05, 3.63) is 44.3 Å². The van der Waals surface area contributed by atoms with Gasteiger partial charge in [-0.2, -0.15) is 4.91 Å². The van der Waals surface area contributed by atoms with E-state index < -0.39 is 4.92 Å². The Balaban J connectivity index is 3.24. The average molecular weight is 180 g/mol. The largest absolute Gasteiger partial charge is 0.274 e. The maximum Gasteiger partial charge on any atom is 0.274 e. The van der Waals surface area contributed by atoms with Crippen LogP contribution in [-0.4, -0.2) is 4.92 Å². The van der Waals surface area contributed by atoms with Crippen LogP contribution in [0.3, 0.4) is 0 Å². The molecule has 0 aliphatic carbocycles. The fourth-order valence-electron chi connectivity index (χ4n) is 1.13. The standard InChI is InChI=1S/C8H8N2O3/c1-6-3-2-4-8(10(12)13)7(6)5-9-11/h2-4H,5H2,1H3. The molecule has 0 fully saturated rings. The van der Waals surface area contributed by atoms with E-state index in [0.29, 0.717) is 11.1 Å². The molecule has 0 aliphatic heterocycles. The van der Waals surface area contributed by atoms with E-state index in [1.807, 2.05) is 0 Å². The summed E-state index contributed by atoms with van der Waals surface area (Å²) in [6.45, 7) is 1.57. The molecule has 0 radical (unpaired) electrons. The van der Waals surface area contributed by atoms with Gasteiger partial charge in [-0.15, -0.1) is 0 Å². The van der Waals surface area contributed by atoms with E-state index in [1.54, 1.807) is 19.1 Å². The van der Waals surface area contributed by atoms with Crippen LogP contribution in [0.2, 0.25) is 0 Å². The first kappa shape index (κ1) is 9.31. The number of nitroso groups, excluding NO2 is 1. The van der Waals surface area contributed by atoms with Gasteiger partial charge in [0, 0.05) is 6.07 Å². The lowest BCUT2D eigenvalue weighted by atomic mass is 10.1. The zero-order chi connectivity index (χ0) is 9.84. The number of rotatable bonds is 3. The maximum absolute atomic E-state index is 10.5. The fourth-order valence-corrected chi connectivity index (χ4v) is 1.13. The van der Waals surface area contributed by atoms with Crippen molar-refractivity contribution in [2.24, 2.45) is 5.18 Å². The third kappa shape index (κ3) is 1.87. The van der Waals surface area contributed by atoms with Gasteiger partial charge in [-0.1, -0.05) is 17.3 Å². The van der Waals surface area contributed by atoms with Gasteiger partial charge in [-0.3, -0.25) is 10.1 Å². The molecule has 0 saturated carbocycles. The van der Waals surface area contributed by atoms with Crippen LogP contribution in [0.1, 0.15) is 11.1 Å². The molecule has 0 heterocycles. The van der Waals surface area contributed by atoms with Crippen LogP contribution in [0.25, 0.3) is 0 Å². The van der Waals surface area contributed by atoms with Crippen molar-refractivity contribution < 1.29 is 4.92 Å². The van der Waals surface area contributed by atoms with E-state index in [1.165, 1.54) is 6.07 Å². The molecular weight excluding hydrogens is 172 g/mol. The summed E-state index contributed by atoms with van der Waals surface area (Å²) in [5.41, 5.74) is 1.07. The number of hydrogen-bond donors (Lipinski definition) is 0. The Hall–Kier alpha value is -1.78. The van der Waals surface area contributed by atoms with E-state index in [2.05, 4.69) is 5.18 Å². The van der Waals surface area contributed by atoms with Crippen LogP contribution >= 0.6 is 0 Å². The lowest BCUT2D eigenvalue weighted by molar-refractivity contribution is -0.385. The predicted molar refractivity (Wildman–Crippen MR) is 47.3 cm³/mol. The van der Waals surface area contributed by atoms with Crippen LogP contribution in [0, 0.1) is 21.9 Å². The Bertz CT molecular complexity index is 349. The number of nitro groups is 1. The van der Waals surface area contributed by atoms with Crippen LogP contribution in [0.15, 0.2) is 23.4 Å². The van der Waals surface area contributed by atoms with Gasteiger partial charge < -0.3 is 0 Å². The summed E-state index contributed by atoms with van der Waals surface area (Å²) >= 11 is 0. The summed E-state index contributed by atoms with van der Waals surface area (Å²) < 4.78 is 0. The van der Waals surface area contributed by atoms with Crippen molar-refractivity contribution >= 4 is 5.69 Å². The van der Waals surface area contributed by atoms with Crippen LogP contribution in [0.5, 0.6) is 0 Å². The molecule has 5 nitrogen and oxygen atoms in total. The first-order valence-corrected chi connectivity index (χ1v) is 3.69. The first-order chi connectivity index (χ1) is 6.16. The number of benzene rings is 1. The molecule has 0 bridgehead atoms. The second-order valence-corrected chi connectivity index (χ2v) is 2.62. The van der Waals surface area contributed by atoms with Crippen LogP contribution in [0.4, 0.5) is 5.69 Å². The summed E-state index contributed by atoms with van der Waals surface area (Å²) in [7, 11) is 0. The second-order valence-electron chi connectivity index (χ2n) is 2.62. The highest BCUT2D eigenvalue weighted by Crippen LogP contribution is 2.22. The summed E-state index contributed by atoms with van der Waals surface area (Å²) in [6, 6.07) is 4.67. The quantitative estimate of drug-likeness (QED) is 0.406. The third-order valence-electron chi connectivity index (χ3n) is 1.80. The number of nitro benzene ring substituents is 1. The van der Waals surface area contributed by atoms with Gasteiger partial charge >= 0.3 is 0 Å². The maximum atomic E-state index is 10.5. The summed E-state index contributed by atoms with van der Waals surface area (Å²) in [6.07, 6.45) is 0. The molecule has 68 valence electrons. The third-order valence-corrected chi connectivity index (χ3v) is 1.80. The molecule has 0 spiro atoms. The highest BCUT2D eigenvalue weighted by Gasteiger charge is 2.14. The summed E-state index contributed by atoms with van der Waals surface area (Å²) in [4.78, 5) is 20.0. The molecule has 0 saturated heterocycles. The zero-order valence-electron chi connectivity index (χ0n) is 7.06. The van der Waals surface area contributed by atoms with Crippen molar-refractivity contribution in [3.8, 4) is 0 Å². The highest BCUT2D eigenvalue weighted by atomic mass is 16.6. The van der Waals surface area contributed by atoms with Crippen molar-refractivity contribution in [2.75, 3.05) is 0 Å². The monoisotopic (exact) mass is 180 g/mol. The van der Waals surface area contributed by atoms with Gasteiger partial charge in [-0.25, -0.2) is 0 Å². The Morgan fingerprint density at radius 3 is 2.77 bits per heavy atom. The molecule has 0 atom stereocenters. The molecule has 1 aromatic carbocycles. The number of aryl methyl sites for hydroxylation is 1.